The molecule has 0 spiro atoms. The fraction of sp³-hybridized carbons (Fsp3) is 0.0952. The van der Waals surface area contributed by atoms with E-state index in [9.17, 15) is 0 Å². The van der Waals surface area contributed by atoms with Gasteiger partial charge in [0, 0.05) is 17.8 Å². The van der Waals surface area contributed by atoms with Crippen LogP contribution in [0.3, 0.4) is 0 Å². The fourth-order valence-corrected chi connectivity index (χ4v) is 3.54. The van der Waals surface area contributed by atoms with Gasteiger partial charge in [0.1, 0.15) is 29.3 Å². The van der Waals surface area contributed by atoms with Gasteiger partial charge < -0.3 is 5.73 Å². The summed E-state index contributed by atoms with van der Waals surface area (Å²) in [6, 6.07) is 15.5. The Labute approximate surface area is 177 Å². The molecule has 4 aromatic heterocycles. The fourth-order valence-electron chi connectivity index (χ4n) is 3.37. The molecule has 9 heteroatoms. The van der Waals surface area contributed by atoms with Crippen molar-refractivity contribution in [2.75, 3.05) is 5.73 Å². The maximum atomic E-state index is 6.17. The molecule has 5 aromatic rings. The number of aryl methyl sites for hydroxylation is 1. The van der Waals surface area contributed by atoms with Gasteiger partial charge in [0.15, 0.2) is 11.5 Å². The lowest BCUT2D eigenvalue weighted by atomic mass is 10.2. The molecule has 0 aliphatic heterocycles. The first-order chi connectivity index (χ1) is 14.7. The number of nitrogens with zero attached hydrogens (tertiary/aromatic N) is 7. The molecule has 0 unspecified atom stereocenters. The SMILES string of the molecule is Cc1nncn1-c1ccc2nc(-c3cccnc3N)n(-c3ccc(CCl)cc3)c2n1. The van der Waals surface area contributed by atoms with Crippen LogP contribution in [0.25, 0.3) is 34.1 Å². The number of aromatic nitrogens is 7. The minimum atomic E-state index is 0.404. The smallest absolute Gasteiger partial charge is 0.167 e. The molecule has 0 aliphatic carbocycles. The third-order valence-electron chi connectivity index (χ3n) is 4.88. The van der Waals surface area contributed by atoms with Crippen LogP contribution < -0.4 is 5.73 Å². The van der Waals surface area contributed by atoms with Crippen LogP contribution in [0, 0.1) is 6.92 Å². The monoisotopic (exact) mass is 416 g/mol. The number of anilines is 1. The van der Waals surface area contributed by atoms with Crippen LogP contribution >= 0.6 is 11.6 Å². The number of nitrogens with two attached hydrogens (primary N) is 1. The summed E-state index contributed by atoms with van der Waals surface area (Å²) in [5.74, 6) is 2.97. The molecule has 0 amide bonds. The van der Waals surface area contributed by atoms with E-state index in [-0.39, 0.29) is 0 Å². The molecule has 1 aromatic carbocycles. The predicted octanol–water partition coefficient (Wildman–Crippen LogP) is 3.69. The standard InChI is InChI=1S/C21H17ClN8/c1-13-28-25-12-29(13)18-9-8-17-21(27-18)30(15-6-4-14(11-22)5-7-15)20(26-17)16-3-2-10-24-19(16)23/h2-10,12H,11H2,1H3,(H2,23,24). The Morgan fingerprint density at radius 2 is 1.87 bits per heavy atom. The average molecular weight is 417 g/mol. The second-order valence-corrected chi connectivity index (χ2v) is 7.03. The first-order valence-corrected chi connectivity index (χ1v) is 9.82. The van der Waals surface area contributed by atoms with Gasteiger partial charge in [0.2, 0.25) is 0 Å². The number of nitrogen functional groups attached to an aromatic ring is 1. The molecule has 8 nitrogen and oxygen atoms in total. The molecule has 30 heavy (non-hydrogen) atoms. The van der Waals surface area contributed by atoms with E-state index in [0.717, 1.165) is 28.2 Å². The van der Waals surface area contributed by atoms with Crippen LogP contribution in [0.15, 0.2) is 61.1 Å². The molecule has 0 saturated heterocycles. The molecule has 2 N–H and O–H groups in total. The van der Waals surface area contributed by atoms with Crippen LogP contribution in [-0.2, 0) is 5.88 Å². The summed E-state index contributed by atoms with van der Waals surface area (Å²) >= 11 is 5.97. The van der Waals surface area contributed by atoms with E-state index in [1.54, 1.807) is 12.5 Å². The summed E-state index contributed by atoms with van der Waals surface area (Å²) in [7, 11) is 0. The molecular weight excluding hydrogens is 400 g/mol. The highest BCUT2D eigenvalue weighted by Gasteiger charge is 2.19. The van der Waals surface area contributed by atoms with Crippen LogP contribution in [0.2, 0.25) is 0 Å². The van der Waals surface area contributed by atoms with Crippen molar-refractivity contribution in [2.24, 2.45) is 0 Å². The molecular formula is C21H17ClN8. The number of fused-ring (bicyclic) bond motifs is 1. The minimum Gasteiger partial charge on any atom is -0.383 e. The van der Waals surface area contributed by atoms with Crippen molar-refractivity contribution in [3.8, 4) is 22.9 Å². The molecule has 0 bridgehead atoms. The number of rotatable bonds is 4. The lowest BCUT2D eigenvalue weighted by Gasteiger charge is -2.11. The lowest BCUT2D eigenvalue weighted by molar-refractivity contribution is 0.932. The molecule has 0 atom stereocenters. The van der Waals surface area contributed by atoms with Gasteiger partial charge in [-0.3, -0.25) is 9.13 Å². The molecule has 0 radical (unpaired) electrons. The van der Waals surface area contributed by atoms with Gasteiger partial charge in [-0.15, -0.1) is 21.8 Å². The van der Waals surface area contributed by atoms with Crippen molar-refractivity contribution >= 4 is 28.6 Å². The molecule has 5 rings (SSSR count). The summed E-state index contributed by atoms with van der Waals surface area (Å²) in [6.07, 6.45) is 3.30. The maximum Gasteiger partial charge on any atom is 0.167 e. The summed E-state index contributed by atoms with van der Waals surface area (Å²) in [5.41, 5.74) is 10.3. The Bertz CT molecular complexity index is 1350. The van der Waals surface area contributed by atoms with E-state index in [1.165, 1.54) is 0 Å². The van der Waals surface area contributed by atoms with Crippen molar-refractivity contribution in [1.82, 2.24) is 34.3 Å². The zero-order valence-corrected chi connectivity index (χ0v) is 16.8. The zero-order chi connectivity index (χ0) is 20.7. The second-order valence-electron chi connectivity index (χ2n) is 6.77. The van der Waals surface area contributed by atoms with Gasteiger partial charge >= 0.3 is 0 Å². The van der Waals surface area contributed by atoms with Crippen LogP contribution in [0.4, 0.5) is 5.82 Å². The Morgan fingerprint density at radius 3 is 2.57 bits per heavy atom. The lowest BCUT2D eigenvalue weighted by Crippen LogP contribution is -2.04. The van der Waals surface area contributed by atoms with Crippen molar-refractivity contribution < 1.29 is 0 Å². The third kappa shape index (κ3) is 2.98. The van der Waals surface area contributed by atoms with Gasteiger partial charge in [0.05, 0.1) is 5.56 Å². The van der Waals surface area contributed by atoms with Crippen molar-refractivity contribution in [2.45, 2.75) is 12.8 Å². The van der Waals surface area contributed by atoms with Crippen LogP contribution in [0.1, 0.15) is 11.4 Å². The Balaban J connectivity index is 1.80. The van der Waals surface area contributed by atoms with Gasteiger partial charge in [0.25, 0.3) is 0 Å². The Hall–Kier alpha value is -3.78. The first-order valence-electron chi connectivity index (χ1n) is 9.28. The van der Waals surface area contributed by atoms with E-state index in [0.29, 0.717) is 29.0 Å². The number of alkyl halides is 1. The second kappa shape index (κ2) is 7.23. The predicted molar refractivity (Wildman–Crippen MR) is 116 cm³/mol. The van der Waals surface area contributed by atoms with Crippen LogP contribution in [-0.4, -0.2) is 34.3 Å². The van der Waals surface area contributed by atoms with E-state index in [1.807, 2.05) is 64.6 Å². The summed E-state index contributed by atoms with van der Waals surface area (Å²) in [6.45, 7) is 1.88. The van der Waals surface area contributed by atoms with Gasteiger partial charge in [-0.2, -0.15) is 0 Å². The van der Waals surface area contributed by atoms with Crippen molar-refractivity contribution in [3.05, 3.63) is 72.4 Å². The quantitative estimate of drug-likeness (QED) is 0.448. The molecule has 4 heterocycles. The minimum absolute atomic E-state index is 0.404. The van der Waals surface area contributed by atoms with Crippen molar-refractivity contribution in [1.29, 1.82) is 0 Å². The van der Waals surface area contributed by atoms with E-state index < -0.39 is 0 Å². The number of benzene rings is 1. The summed E-state index contributed by atoms with van der Waals surface area (Å²) < 4.78 is 3.80. The number of hydrogen-bond acceptors (Lipinski definition) is 6. The number of pyridine rings is 2. The van der Waals surface area contributed by atoms with Crippen molar-refractivity contribution in [3.63, 3.8) is 0 Å². The summed E-state index contributed by atoms with van der Waals surface area (Å²) in [5, 5.41) is 8.01. The van der Waals surface area contributed by atoms with Gasteiger partial charge in [-0.05, 0) is 48.9 Å². The Kier molecular flexibility index (Phi) is 4.40. The highest BCUT2D eigenvalue weighted by atomic mass is 35.5. The van der Waals surface area contributed by atoms with Crippen LogP contribution in [0.5, 0.6) is 0 Å². The number of halogens is 1. The largest absolute Gasteiger partial charge is 0.383 e. The maximum absolute atomic E-state index is 6.17. The summed E-state index contributed by atoms with van der Waals surface area (Å²) in [4.78, 5) is 13.9. The number of hydrogen-bond donors (Lipinski definition) is 1. The van der Waals surface area contributed by atoms with Gasteiger partial charge in [-0.25, -0.2) is 15.0 Å². The third-order valence-corrected chi connectivity index (χ3v) is 5.19. The average Bonchev–Trinajstić information content (AvgIpc) is 3.37. The molecule has 0 saturated carbocycles. The first kappa shape index (κ1) is 18.3. The van der Waals surface area contributed by atoms with Gasteiger partial charge in [-0.1, -0.05) is 12.1 Å². The molecule has 0 aliphatic rings. The topological polar surface area (TPSA) is 100 Å². The van der Waals surface area contributed by atoms with E-state index >= 15 is 0 Å². The van der Waals surface area contributed by atoms with E-state index in [2.05, 4.69) is 15.2 Å². The Morgan fingerprint density at radius 1 is 1.03 bits per heavy atom. The van der Waals surface area contributed by atoms with E-state index in [4.69, 9.17) is 27.3 Å². The highest BCUT2D eigenvalue weighted by Crippen LogP contribution is 2.31. The molecule has 0 fully saturated rings. The normalized spacial score (nSPS) is 11.3. The molecule has 148 valence electrons. The number of imidazole rings is 1. The highest BCUT2D eigenvalue weighted by molar-refractivity contribution is 6.17. The zero-order valence-electron chi connectivity index (χ0n) is 16.1.